The van der Waals surface area contributed by atoms with E-state index in [2.05, 4.69) is 18.0 Å². The van der Waals surface area contributed by atoms with Crippen LogP contribution in [0.15, 0.2) is 46.8 Å². The zero-order valence-electron chi connectivity index (χ0n) is 13.0. The van der Waals surface area contributed by atoms with Crippen molar-refractivity contribution in [3.05, 3.63) is 53.1 Å². The second kappa shape index (κ2) is 6.39. The summed E-state index contributed by atoms with van der Waals surface area (Å²) >= 11 is 9.10. The highest BCUT2D eigenvalue weighted by Gasteiger charge is 2.30. The number of benzene rings is 2. The number of halogens is 1. The van der Waals surface area contributed by atoms with Crippen molar-refractivity contribution in [3.8, 4) is 0 Å². The van der Waals surface area contributed by atoms with Crippen molar-refractivity contribution in [3.63, 3.8) is 0 Å². The molecule has 0 saturated carbocycles. The van der Waals surface area contributed by atoms with Crippen LogP contribution in [0.1, 0.15) is 12.5 Å². The number of amides is 1. The predicted octanol–water partition coefficient (Wildman–Crippen LogP) is 5.02. The molecule has 0 aliphatic carbocycles. The van der Waals surface area contributed by atoms with Crippen molar-refractivity contribution < 1.29 is 4.79 Å². The number of rotatable bonds is 3. The third-order valence-corrected chi connectivity index (χ3v) is 6.52. The predicted molar refractivity (Wildman–Crippen MR) is 102 cm³/mol. The Kier molecular flexibility index (Phi) is 4.24. The number of anilines is 1. The van der Waals surface area contributed by atoms with Crippen molar-refractivity contribution in [2.75, 3.05) is 10.7 Å². The van der Waals surface area contributed by atoms with E-state index in [-0.39, 0.29) is 11.9 Å². The number of thioether (sulfide) groups is 1. The first kappa shape index (κ1) is 15.9. The first-order chi connectivity index (χ1) is 11.6. The normalized spacial score (nSPS) is 16.6. The molecule has 1 aromatic heterocycles. The lowest BCUT2D eigenvalue weighted by molar-refractivity contribution is -0.116. The lowest BCUT2D eigenvalue weighted by Crippen LogP contribution is -2.36. The third-order valence-electron chi connectivity index (χ3n) is 4.13. The van der Waals surface area contributed by atoms with Crippen LogP contribution in [-0.4, -0.2) is 22.7 Å². The Hall–Kier alpha value is -1.56. The van der Waals surface area contributed by atoms with Crippen molar-refractivity contribution in [2.24, 2.45) is 0 Å². The minimum absolute atomic E-state index is 0.134. The van der Waals surface area contributed by atoms with Gasteiger partial charge in [-0.2, -0.15) is 0 Å². The Morgan fingerprint density at radius 1 is 1.38 bits per heavy atom. The molecular weight excluding hydrogens is 360 g/mol. The smallest absolute Gasteiger partial charge is 0.237 e. The van der Waals surface area contributed by atoms with Gasteiger partial charge in [-0.25, -0.2) is 4.98 Å². The maximum atomic E-state index is 12.7. The number of aromatic nitrogens is 1. The molecule has 2 heterocycles. The molecule has 0 radical (unpaired) electrons. The average Bonchev–Trinajstić information content (AvgIpc) is 3.11. The number of thiazole rings is 1. The van der Waals surface area contributed by atoms with Crippen molar-refractivity contribution >= 4 is 56.5 Å². The molecule has 122 valence electrons. The molecule has 3 nitrogen and oxygen atoms in total. The molecule has 2 aromatic carbocycles. The number of carbonyl (C=O) groups is 1. The van der Waals surface area contributed by atoms with Crippen molar-refractivity contribution in [1.29, 1.82) is 0 Å². The summed E-state index contributed by atoms with van der Waals surface area (Å²) in [7, 11) is 0. The zero-order chi connectivity index (χ0) is 16.7. The second-order valence-corrected chi connectivity index (χ2v) is 8.52. The van der Waals surface area contributed by atoms with E-state index in [1.165, 1.54) is 17.3 Å². The molecule has 3 aromatic rings. The Morgan fingerprint density at radius 3 is 3.08 bits per heavy atom. The van der Waals surface area contributed by atoms with Gasteiger partial charge in [0, 0.05) is 16.8 Å². The largest absolute Gasteiger partial charge is 0.308 e. The van der Waals surface area contributed by atoms with Crippen molar-refractivity contribution in [1.82, 2.24) is 4.98 Å². The Bertz CT molecular complexity index is 924. The minimum Gasteiger partial charge on any atom is -0.308 e. The number of hydrogen-bond acceptors (Lipinski definition) is 4. The number of fused-ring (bicyclic) bond motifs is 2. The molecule has 0 spiro atoms. The highest BCUT2D eigenvalue weighted by Crippen LogP contribution is 2.34. The summed E-state index contributed by atoms with van der Waals surface area (Å²) in [5, 5.41) is 0.683. The third kappa shape index (κ3) is 2.92. The van der Waals surface area contributed by atoms with Gasteiger partial charge in [-0.05, 0) is 43.2 Å². The maximum Gasteiger partial charge on any atom is 0.237 e. The molecule has 0 saturated heterocycles. The molecule has 1 aliphatic rings. The molecule has 0 fully saturated rings. The molecule has 0 N–H and O–H groups in total. The van der Waals surface area contributed by atoms with E-state index in [0.29, 0.717) is 10.8 Å². The van der Waals surface area contributed by atoms with E-state index in [0.717, 1.165) is 26.7 Å². The monoisotopic (exact) mass is 374 g/mol. The van der Waals surface area contributed by atoms with Crippen LogP contribution in [0.25, 0.3) is 10.2 Å². The average molecular weight is 375 g/mol. The van der Waals surface area contributed by atoms with Crippen LogP contribution in [0, 0.1) is 0 Å². The zero-order valence-corrected chi connectivity index (χ0v) is 15.4. The highest BCUT2D eigenvalue weighted by molar-refractivity contribution is 8.01. The van der Waals surface area contributed by atoms with Gasteiger partial charge in [-0.3, -0.25) is 4.79 Å². The molecule has 0 bridgehead atoms. The number of para-hydroxylation sites is 1. The minimum atomic E-state index is 0.134. The van der Waals surface area contributed by atoms with E-state index < -0.39 is 0 Å². The summed E-state index contributed by atoms with van der Waals surface area (Å²) in [6, 6.07) is 14.1. The summed E-state index contributed by atoms with van der Waals surface area (Å²) in [4.78, 5) is 19.2. The van der Waals surface area contributed by atoms with Crippen LogP contribution < -0.4 is 4.90 Å². The second-order valence-electron chi connectivity index (χ2n) is 5.83. The summed E-state index contributed by atoms with van der Waals surface area (Å²) in [5.41, 5.74) is 3.19. The van der Waals surface area contributed by atoms with Gasteiger partial charge >= 0.3 is 0 Å². The Balaban J connectivity index is 1.50. The lowest BCUT2D eigenvalue weighted by Gasteiger charge is -2.22. The van der Waals surface area contributed by atoms with Gasteiger partial charge in [-0.1, -0.05) is 41.6 Å². The summed E-state index contributed by atoms with van der Waals surface area (Å²) in [6.07, 6.45) is 0.923. The Morgan fingerprint density at radius 2 is 2.21 bits per heavy atom. The fourth-order valence-electron chi connectivity index (χ4n) is 3.08. The summed E-state index contributed by atoms with van der Waals surface area (Å²) in [6.45, 7) is 2.10. The number of nitrogens with zero attached hydrogens (tertiary/aromatic N) is 2. The first-order valence-corrected chi connectivity index (χ1v) is 9.88. The van der Waals surface area contributed by atoms with Gasteiger partial charge in [-0.15, -0.1) is 11.3 Å². The standard InChI is InChI=1S/C18H15ClN2OS2/c1-11-8-12-4-2-3-5-15(12)21(11)17(22)10-23-18-20-14-9-13(19)6-7-16(14)24-18/h2-7,9,11H,8,10H2,1H3. The fourth-order valence-corrected chi connectivity index (χ4v) is 5.15. The van der Waals surface area contributed by atoms with Gasteiger partial charge in [0.2, 0.25) is 5.91 Å². The maximum absolute atomic E-state index is 12.7. The fraction of sp³-hybridized carbons (Fsp3) is 0.222. The SMILES string of the molecule is CC1Cc2ccccc2N1C(=O)CSc1nc2cc(Cl)ccc2s1. The van der Waals surface area contributed by atoms with E-state index in [1.807, 2.05) is 41.3 Å². The van der Waals surface area contributed by atoms with E-state index in [1.54, 1.807) is 11.3 Å². The molecular formula is C18H15ClN2OS2. The molecule has 1 atom stereocenters. The van der Waals surface area contributed by atoms with Gasteiger partial charge in [0.05, 0.1) is 16.0 Å². The topological polar surface area (TPSA) is 33.2 Å². The summed E-state index contributed by atoms with van der Waals surface area (Å²) < 4.78 is 2.00. The van der Waals surface area contributed by atoms with Crippen molar-refractivity contribution in [2.45, 2.75) is 23.7 Å². The molecule has 4 rings (SSSR count). The molecule has 1 unspecified atom stereocenters. The van der Waals surface area contributed by atoms with Crippen LogP contribution in [-0.2, 0) is 11.2 Å². The quantitative estimate of drug-likeness (QED) is 0.603. The van der Waals surface area contributed by atoms with Crippen LogP contribution >= 0.6 is 34.7 Å². The first-order valence-electron chi connectivity index (χ1n) is 7.70. The number of hydrogen-bond donors (Lipinski definition) is 0. The molecule has 6 heteroatoms. The van der Waals surface area contributed by atoms with Crippen LogP contribution in [0.2, 0.25) is 5.02 Å². The van der Waals surface area contributed by atoms with Crippen LogP contribution in [0.3, 0.4) is 0 Å². The van der Waals surface area contributed by atoms with E-state index >= 15 is 0 Å². The van der Waals surface area contributed by atoms with E-state index in [9.17, 15) is 4.79 Å². The molecule has 1 aliphatic heterocycles. The van der Waals surface area contributed by atoms with Crippen LogP contribution in [0.5, 0.6) is 0 Å². The summed E-state index contributed by atoms with van der Waals surface area (Å²) in [5.74, 6) is 0.529. The molecule has 24 heavy (non-hydrogen) atoms. The van der Waals surface area contributed by atoms with Gasteiger partial charge in [0.1, 0.15) is 0 Å². The Labute approximate surface area is 153 Å². The molecule has 1 amide bonds. The lowest BCUT2D eigenvalue weighted by atomic mass is 10.1. The van der Waals surface area contributed by atoms with Crippen LogP contribution in [0.4, 0.5) is 5.69 Å². The van der Waals surface area contributed by atoms with Gasteiger partial charge in [0.15, 0.2) is 4.34 Å². The number of carbonyl (C=O) groups excluding carboxylic acids is 1. The highest BCUT2D eigenvalue weighted by atomic mass is 35.5. The van der Waals surface area contributed by atoms with E-state index in [4.69, 9.17) is 11.6 Å². The van der Waals surface area contributed by atoms with Gasteiger partial charge < -0.3 is 4.90 Å². The van der Waals surface area contributed by atoms with Gasteiger partial charge in [0.25, 0.3) is 0 Å².